The van der Waals surface area contributed by atoms with Gasteiger partial charge in [0, 0.05) is 36.7 Å². The van der Waals surface area contributed by atoms with Gasteiger partial charge >= 0.3 is 5.97 Å². The molecule has 2 aromatic rings. The van der Waals surface area contributed by atoms with Gasteiger partial charge < -0.3 is 14.7 Å². The molecule has 1 aliphatic rings. The third kappa shape index (κ3) is 4.79. The Morgan fingerprint density at radius 2 is 2.12 bits per heavy atom. The zero-order valence-electron chi connectivity index (χ0n) is 13.8. The average Bonchev–Trinajstić information content (AvgIpc) is 3.13. The maximum atomic E-state index is 12.7. The van der Waals surface area contributed by atoms with E-state index < -0.39 is 5.97 Å². The first-order chi connectivity index (χ1) is 12.1. The molecule has 7 heteroatoms. The van der Waals surface area contributed by atoms with E-state index in [-0.39, 0.29) is 12.3 Å². The summed E-state index contributed by atoms with van der Waals surface area (Å²) in [4.78, 5) is 29.3. The fourth-order valence-corrected chi connectivity index (χ4v) is 3.49. The van der Waals surface area contributed by atoms with Gasteiger partial charge in [-0.05, 0) is 43.4 Å². The lowest BCUT2D eigenvalue weighted by Crippen LogP contribution is -2.38. The molecule has 25 heavy (non-hydrogen) atoms. The van der Waals surface area contributed by atoms with Crippen molar-refractivity contribution in [2.75, 3.05) is 13.1 Å². The molecule has 1 saturated heterocycles. The second-order valence-electron chi connectivity index (χ2n) is 6.10. The average molecular weight is 360 g/mol. The molecule has 1 N–H and O–H groups in total. The normalized spacial score (nSPS) is 15.1. The van der Waals surface area contributed by atoms with E-state index in [9.17, 15) is 9.59 Å². The third-order valence-electron chi connectivity index (χ3n) is 4.36. The van der Waals surface area contributed by atoms with E-state index in [0.29, 0.717) is 41.9 Å². The number of likely N-dealkylation sites (tertiary alicyclic amines) is 1. The summed E-state index contributed by atoms with van der Waals surface area (Å²) < 4.78 is 5.65. The van der Waals surface area contributed by atoms with Gasteiger partial charge in [-0.2, -0.15) is 0 Å². The molecule has 0 spiro atoms. The molecular weight excluding hydrogens is 340 g/mol. The van der Waals surface area contributed by atoms with Crippen LogP contribution < -0.4 is 4.74 Å². The molecule has 2 heterocycles. The molecule has 0 atom stereocenters. The Hall–Kier alpha value is -2.41. The fourth-order valence-electron chi connectivity index (χ4n) is 2.99. The van der Waals surface area contributed by atoms with Crippen LogP contribution in [0.25, 0.3) is 0 Å². The number of carbonyl (C=O) groups excluding carboxylic acids is 1. The molecule has 6 nitrogen and oxygen atoms in total. The Labute approximate surface area is 150 Å². The molecule has 0 aliphatic carbocycles. The lowest BCUT2D eigenvalue weighted by atomic mass is 9.92. The molecule has 132 valence electrons. The van der Waals surface area contributed by atoms with Crippen LogP contribution in [0.1, 0.15) is 36.0 Å². The minimum atomic E-state index is -0.754. The zero-order valence-corrected chi connectivity index (χ0v) is 14.6. The highest BCUT2D eigenvalue weighted by atomic mass is 32.1. The van der Waals surface area contributed by atoms with E-state index in [1.807, 2.05) is 10.3 Å². The van der Waals surface area contributed by atoms with Gasteiger partial charge in [0.05, 0.1) is 0 Å². The number of rotatable bonds is 6. The van der Waals surface area contributed by atoms with Crippen molar-refractivity contribution in [2.45, 2.75) is 25.7 Å². The number of aromatic nitrogens is 1. The Bertz CT molecular complexity index is 724. The van der Waals surface area contributed by atoms with Crippen molar-refractivity contribution in [2.24, 2.45) is 5.92 Å². The first-order valence-corrected chi connectivity index (χ1v) is 9.18. The summed E-state index contributed by atoms with van der Waals surface area (Å²) in [5.74, 6) is 0.216. The Morgan fingerprint density at radius 3 is 2.80 bits per heavy atom. The number of nitrogens with zero attached hydrogens (tertiary/aromatic N) is 2. The van der Waals surface area contributed by atoms with Crippen molar-refractivity contribution in [3.63, 3.8) is 0 Å². The van der Waals surface area contributed by atoms with Crippen LogP contribution in [-0.4, -0.2) is 40.0 Å². The molecule has 1 aromatic carbocycles. The van der Waals surface area contributed by atoms with Crippen LogP contribution in [0.2, 0.25) is 0 Å². The third-order valence-corrected chi connectivity index (χ3v) is 5.01. The van der Waals surface area contributed by atoms with Crippen molar-refractivity contribution in [1.82, 2.24) is 9.88 Å². The first kappa shape index (κ1) is 17.4. The summed E-state index contributed by atoms with van der Waals surface area (Å²) in [5.41, 5.74) is 0.595. The Kier molecular flexibility index (Phi) is 5.65. The topological polar surface area (TPSA) is 79.7 Å². The lowest BCUT2D eigenvalue weighted by Gasteiger charge is -2.32. The number of hydrogen-bond acceptors (Lipinski definition) is 5. The van der Waals surface area contributed by atoms with Crippen molar-refractivity contribution < 1.29 is 19.4 Å². The number of benzene rings is 1. The van der Waals surface area contributed by atoms with Crippen LogP contribution in [0.4, 0.5) is 0 Å². The van der Waals surface area contributed by atoms with Gasteiger partial charge in [0.15, 0.2) is 0 Å². The SMILES string of the molecule is O=C(O)CCC1CCN(C(=O)c2cccc(Oc3nccs3)c2)CC1. The highest BCUT2D eigenvalue weighted by Crippen LogP contribution is 2.26. The summed E-state index contributed by atoms with van der Waals surface area (Å²) in [6.07, 6.45) is 4.27. The van der Waals surface area contributed by atoms with Gasteiger partial charge in [-0.3, -0.25) is 9.59 Å². The molecule has 0 saturated carbocycles. The van der Waals surface area contributed by atoms with Gasteiger partial charge in [-0.15, -0.1) is 0 Å². The molecule has 1 fully saturated rings. The van der Waals surface area contributed by atoms with Gasteiger partial charge in [-0.25, -0.2) is 4.98 Å². The molecule has 1 amide bonds. The number of amides is 1. The standard InChI is InChI=1S/C18H20N2O4S/c21-16(22)5-4-13-6-9-20(10-7-13)17(23)14-2-1-3-15(12-14)24-18-19-8-11-25-18/h1-3,8,11-13H,4-7,9-10H2,(H,21,22). The summed E-state index contributed by atoms with van der Waals surface area (Å²) in [5, 5.41) is 11.1. The van der Waals surface area contributed by atoms with E-state index >= 15 is 0 Å². The number of piperidine rings is 1. The number of ether oxygens (including phenoxy) is 1. The molecule has 1 aliphatic heterocycles. The summed E-state index contributed by atoms with van der Waals surface area (Å²) in [6.45, 7) is 1.33. The van der Waals surface area contributed by atoms with E-state index in [1.54, 1.807) is 30.5 Å². The van der Waals surface area contributed by atoms with Crippen molar-refractivity contribution in [1.29, 1.82) is 0 Å². The highest BCUT2D eigenvalue weighted by Gasteiger charge is 2.24. The number of carboxylic acid groups (broad SMARTS) is 1. The maximum absolute atomic E-state index is 12.7. The minimum Gasteiger partial charge on any atom is -0.481 e. The summed E-state index contributed by atoms with van der Waals surface area (Å²) in [7, 11) is 0. The minimum absolute atomic E-state index is 0.0127. The lowest BCUT2D eigenvalue weighted by molar-refractivity contribution is -0.137. The van der Waals surface area contributed by atoms with Crippen LogP contribution in [0.5, 0.6) is 10.9 Å². The smallest absolute Gasteiger partial charge is 0.303 e. The second kappa shape index (κ2) is 8.11. The van der Waals surface area contributed by atoms with Gasteiger partial charge in [0.1, 0.15) is 5.75 Å². The van der Waals surface area contributed by atoms with Gasteiger partial charge in [-0.1, -0.05) is 17.4 Å². The number of aliphatic carboxylic acids is 1. The van der Waals surface area contributed by atoms with Gasteiger partial charge in [0.2, 0.25) is 0 Å². The molecule has 0 bridgehead atoms. The zero-order chi connectivity index (χ0) is 17.6. The predicted molar refractivity (Wildman–Crippen MR) is 94.1 cm³/mol. The van der Waals surface area contributed by atoms with Crippen molar-refractivity contribution in [3.8, 4) is 10.9 Å². The van der Waals surface area contributed by atoms with E-state index in [4.69, 9.17) is 9.84 Å². The number of thiazole rings is 1. The molecule has 0 radical (unpaired) electrons. The highest BCUT2D eigenvalue weighted by molar-refractivity contribution is 7.11. The van der Waals surface area contributed by atoms with Crippen LogP contribution in [0, 0.1) is 5.92 Å². The maximum Gasteiger partial charge on any atom is 0.303 e. The number of carbonyl (C=O) groups is 2. The molecule has 0 unspecified atom stereocenters. The second-order valence-corrected chi connectivity index (χ2v) is 6.95. The van der Waals surface area contributed by atoms with E-state index in [1.165, 1.54) is 11.3 Å². The van der Waals surface area contributed by atoms with Crippen LogP contribution >= 0.6 is 11.3 Å². The summed E-state index contributed by atoms with van der Waals surface area (Å²) >= 11 is 1.40. The van der Waals surface area contributed by atoms with Crippen LogP contribution in [0.3, 0.4) is 0 Å². The summed E-state index contributed by atoms with van der Waals surface area (Å²) in [6, 6.07) is 7.12. The first-order valence-electron chi connectivity index (χ1n) is 8.30. The van der Waals surface area contributed by atoms with E-state index in [2.05, 4.69) is 4.98 Å². The van der Waals surface area contributed by atoms with E-state index in [0.717, 1.165) is 12.8 Å². The quantitative estimate of drug-likeness (QED) is 0.850. The molecular formula is C18H20N2O4S. The van der Waals surface area contributed by atoms with Crippen molar-refractivity contribution >= 4 is 23.2 Å². The fraction of sp³-hybridized carbons (Fsp3) is 0.389. The predicted octanol–water partition coefficient (Wildman–Crippen LogP) is 3.65. The van der Waals surface area contributed by atoms with Crippen molar-refractivity contribution in [3.05, 3.63) is 41.4 Å². The van der Waals surface area contributed by atoms with Crippen LogP contribution in [-0.2, 0) is 4.79 Å². The number of hydrogen-bond donors (Lipinski definition) is 1. The Morgan fingerprint density at radius 1 is 1.32 bits per heavy atom. The molecule has 1 aromatic heterocycles. The monoisotopic (exact) mass is 360 g/mol. The van der Waals surface area contributed by atoms with Crippen LogP contribution in [0.15, 0.2) is 35.8 Å². The Balaban J connectivity index is 1.57. The number of carboxylic acids is 1. The van der Waals surface area contributed by atoms with Gasteiger partial charge in [0.25, 0.3) is 11.1 Å². The molecule has 3 rings (SSSR count). The largest absolute Gasteiger partial charge is 0.481 e.